The van der Waals surface area contributed by atoms with E-state index in [9.17, 15) is 5.11 Å². The van der Waals surface area contributed by atoms with Crippen LogP contribution in [0.15, 0.2) is 18.2 Å². The third-order valence-electron chi connectivity index (χ3n) is 3.80. The van der Waals surface area contributed by atoms with Crippen LogP contribution in [-0.2, 0) is 0 Å². The summed E-state index contributed by atoms with van der Waals surface area (Å²) in [5, 5.41) is 19.6. The Morgan fingerprint density at radius 2 is 2.21 bits per heavy atom. The van der Waals surface area contributed by atoms with Crippen LogP contribution in [0.1, 0.15) is 38.0 Å². The van der Waals surface area contributed by atoms with Gasteiger partial charge in [-0.15, -0.1) is 0 Å². The van der Waals surface area contributed by atoms with Gasteiger partial charge >= 0.3 is 0 Å². The summed E-state index contributed by atoms with van der Waals surface area (Å²) in [6.07, 6.45) is -0.514. The zero-order valence-corrected chi connectivity index (χ0v) is 12.4. The monoisotopic (exact) mass is 276 g/mol. The molecule has 0 radical (unpaired) electrons. The topological polar surface area (TPSA) is 47.3 Å². The van der Waals surface area contributed by atoms with Crippen LogP contribution in [0.4, 0.5) is 5.69 Å². The largest absolute Gasteiger partial charge is 0.389 e. The maximum absolute atomic E-state index is 9.94. The van der Waals surface area contributed by atoms with E-state index in [4.69, 9.17) is 5.26 Å². The molecule has 19 heavy (non-hydrogen) atoms. The van der Waals surface area contributed by atoms with Gasteiger partial charge in [0.15, 0.2) is 0 Å². The second-order valence-electron chi connectivity index (χ2n) is 5.07. The third kappa shape index (κ3) is 2.88. The van der Waals surface area contributed by atoms with E-state index in [1.807, 2.05) is 23.9 Å². The number of anilines is 1. The first kappa shape index (κ1) is 14.2. The predicted molar refractivity (Wildman–Crippen MR) is 80.5 cm³/mol. The summed E-state index contributed by atoms with van der Waals surface area (Å²) in [6.45, 7) is 7.18. The Kier molecular flexibility index (Phi) is 4.38. The van der Waals surface area contributed by atoms with Gasteiger partial charge in [0.1, 0.15) is 0 Å². The minimum Gasteiger partial charge on any atom is -0.389 e. The lowest BCUT2D eigenvalue weighted by atomic mass is 10.0. The number of aliphatic hydroxyl groups is 1. The summed E-state index contributed by atoms with van der Waals surface area (Å²) in [4.78, 5) is 2.32. The van der Waals surface area contributed by atoms with E-state index < -0.39 is 6.10 Å². The number of hydrogen-bond acceptors (Lipinski definition) is 4. The van der Waals surface area contributed by atoms with E-state index in [0.717, 1.165) is 23.5 Å². The zero-order valence-electron chi connectivity index (χ0n) is 11.6. The first-order valence-electron chi connectivity index (χ1n) is 6.65. The molecule has 0 saturated carbocycles. The quantitative estimate of drug-likeness (QED) is 0.902. The SMILES string of the molecule is CC1SCCN(c2cc(C#N)ccc2[C@@H](C)O)C1C. The Bertz CT molecular complexity index is 495. The summed E-state index contributed by atoms with van der Waals surface area (Å²) in [5.74, 6) is 1.08. The Hall–Kier alpha value is -1.18. The number of thioether (sulfide) groups is 1. The molecule has 1 aromatic rings. The molecule has 2 unspecified atom stereocenters. The average molecular weight is 276 g/mol. The predicted octanol–water partition coefficient (Wildman–Crippen LogP) is 2.94. The Morgan fingerprint density at radius 3 is 2.84 bits per heavy atom. The van der Waals surface area contributed by atoms with Crippen molar-refractivity contribution in [3.05, 3.63) is 29.3 Å². The fraction of sp³-hybridized carbons (Fsp3) is 0.533. The normalized spacial score (nSPS) is 24.9. The molecule has 1 N–H and O–H groups in total. The number of aliphatic hydroxyl groups excluding tert-OH is 1. The van der Waals surface area contributed by atoms with Crippen LogP contribution in [0, 0.1) is 11.3 Å². The highest BCUT2D eigenvalue weighted by atomic mass is 32.2. The van der Waals surface area contributed by atoms with Crippen molar-refractivity contribution in [1.82, 2.24) is 0 Å². The molecule has 1 saturated heterocycles. The summed E-state index contributed by atoms with van der Waals surface area (Å²) in [5.41, 5.74) is 2.57. The maximum atomic E-state index is 9.94. The smallest absolute Gasteiger partial charge is 0.0992 e. The molecule has 2 rings (SSSR count). The van der Waals surface area contributed by atoms with Gasteiger partial charge in [-0.2, -0.15) is 17.0 Å². The number of nitrogens with zero attached hydrogens (tertiary/aromatic N) is 2. The van der Waals surface area contributed by atoms with Gasteiger partial charge in [0.05, 0.1) is 17.7 Å². The third-order valence-corrected chi connectivity index (χ3v) is 5.14. The Morgan fingerprint density at radius 1 is 1.47 bits per heavy atom. The molecule has 0 amide bonds. The van der Waals surface area contributed by atoms with Crippen molar-refractivity contribution in [3.8, 4) is 6.07 Å². The highest BCUT2D eigenvalue weighted by Gasteiger charge is 2.27. The minimum absolute atomic E-state index is 0.408. The van der Waals surface area contributed by atoms with Gasteiger partial charge < -0.3 is 10.0 Å². The van der Waals surface area contributed by atoms with Crippen molar-refractivity contribution >= 4 is 17.4 Å². The molecule has 3 atom stereocenters. The summed E-state index contributed by atoms with van der Waals surface area (Å²) >= 11 is 1.98. The highest BCUT2D eigenvalue weighted by molar-refractivity contribution is 8.00. The molecule has 1 heterocycles. The summed E-state index contributed by atoms with van der Waals surface area (Å²) < 4.78 is 0. The van der Waals surface area contributed by atoms with E-state index in [1.165, 1.54) is 0 Å². The molecule has 0 bridgehead atoms. The molecule has 1 aliphatic rings. The molecule has 1 aromatic carbocycles. The number of rotatable bonds is 2. The van der Waals surface area contributed by atoms with Gasteiger partial charge in [-0.05, 0) is 26.0 Å². The number of hydrogen-bond donors (Lipinski definition) is 1. The molecule has 1 aliphatic heterocycles. The van der Waals surface area contributed by atoms with Crippen molar-refractivity contribution in [3.63, 3.8) is 0 Å². The molecule has 0 spiro atoms. The zero-order chi connectivity index (χ0) is 14.0. The van der Waals surface area contributed by atoms with E-state index in [-0.39, 0.29) is 0 Å². The number of benzene rings is 1. The second kappa shape index (κ2) is 5.85. The Balaban J connectivity index is 2.44. The van der Waals surface area contributed by atoms with Crippen LogP contribution >= 0.6 is 11.8 Å². The molecular weight excluding hydrogens is 256 g/mol. The van der Waals surface area contributed by atoms with Gasteiger partial charge in [-0.1, -0.05) is 13.0 Å². The van der Waals surface area contributed by atoms with Gasteiger partial charge in [-0.3, -0.25) is 0 Å². The van der Waals surface area contributed by atoms with Gasteiger partial charge in [0, 0.05) is 34.8 Å². The standard InChI is InChI=1S/C15H20N2OS/c1-10-12(3)19-7-6-17(10)15-8-13(9-16)4-5-14(15)11(2)18/h4-5,8,10-12,18H,6-7H2,1-3H3/t10?,11-,12?/m1/s1. The van der Waals surface area contributed by atoms with Crippen LogP contribution in [0.2, 0.25) is 0 Å². The summed E-state index contributed by atoms with van der Waals surface area (Å²) in [6, 6.07) is 8.15. The van der Waals surface area contributed by atoms with Gasteiger partial charge in [0.25, 0.3) is 0 Å². The lowest BCUT2D eigenvalue weighted by molar-refractivity contribution is 0.199. The molecule has 1 fully saturated rings. The Labute approximate surface area is 119 Å². The molecule has 0 aliphatic carbocycles. The van der Waals surface area contributed by atoms with Crippen LogP contribution < -0.4 is 4.90 Å². The molecular formula is C15H20N2OS. The van der Waals surface area contributed by atoms with Crippen molar-refractivity contribution in [2.45, 2.75) is 38.2 Å². The maximum Gasteiger partial charge on any atom is 0.0992 e. The molecule has 102 valence electrons. The van der Waals surface area contributed by atoms with Crippen LogP contribution in [0.5, 0.6) is 0 Å². The van der Waals surface area contributed by atoms with E-state index in [2.05, 4.69) is 24.8 Å². The second-order valence-corrected chi connectivity index (χ2v) is 6.56. The van der Waals surface area contributed by atoms with Crippen LogP contribution in [0.25, 0.3) is 0 Å². The minimum atomic E-state index is -0.514. The van der Waals surface area contributed by atoms with Crippen molar-refractivity contribution in [2.24, 2.45) is 0 Å². The lowest BCUT2D eigenvalue weighted by Gasteiger charge is -2.40. The van der Waals surface area contributed by atoms with Crippen LogP contribution in [-0.4, -0.2) is 28.7 Å². The van der Waals surface area contributed by atoms with Crippen LogP contribution in [0.3, 0.4) is 0 Å². The van der Waals surface area contributed by atoms with Gasteiger partial charge in [-0.25, -0.2) is 0 Å². The number of nitriles is 1. The van der Waals surface area contributed by atoms with E-state index in [0.29, 0.717) is 16.9 Å². The van der Waals surface area contributed by atoms with E-state index in [1.54, 1.807) is 13.0 Å². The summed E-state index contributed by atoms with van der Waals surface area (Å²) in [7, 11) is 0. The first-order valence-corrected chi connectivity index (χ1v) is 7.70. The molecule has 4 heteroatoms. The molecule has 3 nitrogen and oxygen atoms in total. The van der Waals surface area contributed by atoms with Crippen molar-refractivity contribution < 1.29 is 5.11 Å². The van der Waals surface area contributed by atoms with E-state index >= 15 is 0 Å². The van der Waals surface area contributed by atoms with Gasteiger partial charge in [0.2, 0.25) is 0 Å². The fourth-order valence-electron chi connectivity index (χ4n) is 2.49. The highest BCUT2D eigenvalue weighted by Crippen LogP contribution is 2.34. The first-order chi connectivity index (χ1) is 9.04. The molecule has 0 aromatic heterocycles. The lowest BCUT2D eigenvalue weighted by Crippen LogP contribution is -2.45. The van der Waals surface area contributed by atoms with Crippen molar-refractivity contribution in [1.29, 1.82) is 5.26 Å². The average Bonchev–Trinajstić information content (AvgIpc) is 2.41. The van der Waals surface area contributed by atoms with Crippen molar-refractivity contribution in [2.75, 3.05) is 17.2 Å². The fourth-order valence-corrected chi connectivity index (χ4v) is 3.59.